The maximum atomic E-state index is 12.0. The van der Waals surface area contributed by atoms with Crippen LogP contribution in [0, 0.1) is 0 Å². The zero-order valence-electron chi connectivity index (χ0n) is 5.73. The fourth-order valence-electron chi connectivity index (χ4n) is 0.791. The summed E-state index contributed by atoms with van der Waals surface area (Å²) in [6.45, 7) is -0.568. The number of rotatable bonds is 2. The first kappa shape index (κ1) is 8.82. The summed E-state index contributed by atoms with van der Waals surface area (Å²) in [5.74, 6) is 0. The molecule has 0 N–H and O–H groups in total. The summed E-state index contributed by atoms with van der Waals surface area (Å²) in [4.78, 5) is 0. The fraction of sp³-hybridized carbons (Fsp3) is 0.250. The lowest BCUT2D eigenvalue weighted by atomic mass is 10.2. The van der Waals surface area contributed by atoms with Gasteiger partial charge in [0.05, 0.1) is 5.38 Å². The highest BCUT2D eigenvalue weighted by atomic mass is 35.5. The number of hydrogen-bond donors (Lipinski definition) is 0. The third-order valence-corrected chi connectivity index (χ3v) is 1.95. The second-order valence-corrected chi connectivity index (χ2v) is 3.14. The van der Waals surface area contributed by atoms with E-state index in [0.717, 1.165) is 5.56 Å². The molecule has 0 aromatic heterocycles. The fourth-order valence-corrected chi connectivity index (χ4v) is 1.12. The first-order chi connectivity index (χ1) is 5.24. The van der Waals surface area contributed by atoms with Crippen molar-refractivity contribution in [2.24, 2.45) is 0 Å². The second-order valence-electron chi connectivity index (χ2n) is 2.18. The van der Waals surface area contributed by atoms with Gasteiger partial charge < -0.3 is 0 Å². The van der Waals surface area contributed by atoms with E-state index in [9.17, 15) is 4.39 Å². The zero-order chi connectivity index (χ0) is 8.27. The third kappa shape index (κ3) is 2.35. The van der Waals surface area contributed by atoms with Gasteiger partial charge in [0.1, 0.15) is 6.67 Å². The molecule has 3 heteroatoms. The average molecular weight is 193 g/mol. The smallest absolute Gasteiger partial charge is 0.110 e. The lowest BCUT2D eigenvalue weighted by molar-refractivity contribution is 0.486. The number of hydrogen-bond acceptors (Lipinski definition) is 0. The molecule has 1 aromatic rings. The van der Waals surface area contributed by atoms with Gasteiger partial charge in [0, 0.05) is 5.02 Å². The van der Waals surface area contributed by atoms with E-state index in [-0.39, 0.29) is 0 Å². The SMILES string of the molecule is FCC(Cl)c1cccc(Cl)c1. The van der Waals surface area contributed by atoms with Crippen molar-refractivity contribution in [1.82, 2.24) is 0 Å². The Hall–Kier alpha value is -0.270. The largest absolute Gasteiger partial charge is 0.249 e. The Morgan fingerprint density at radius 3 is 2.73 bits per heavy atom. The quantitative estimate of drug-likeness (QED) is 0.629. The minimum absolute atomic E-state index is 0.568. The highest BCUT2D eigenvalue weighted by molar-refractivity contribution is 6.30. The Balaban J connectivity index is 2.86. The van der Waals surface area contributed by atoms with Crippen LogP contribution in [0.2, 0.25) is 5.02 Å². The summed E-state index contributed by atoms with van der Waals surface area (Å²) in [6.07, 6.45) is 0. The molecule has 0 radical (unpaired) electrons. The van der Waals surface area contributed by atoms with E-state index in [4.69, 9.17) is 23.2 Å². The van der Waals surface area contributed by atoms with Crippen LogP contribution in [0.1, 0.15) is 10.9 Å². The van der Waals surface area contributed by atoms with Gasteiger partial charge in [-0.2, -0.15) is 0 Å². The first-order valence-electron chi connectivity index (χ1n) is 3.19. The standard InChI is InChI=1S/C8H7Cl2F/c9-7-3-1-2-6(4-7)8(10)5-11/h1-4,8H,5H2. The predicted molar refractivity (Wildman–Crippen MR) is 46.0 cm³/mol. The molecule has 0 saturated carbocycles. The molecule has 1 unspecified atom stereocenters. The van der Waals surface area contributed by atoms with E-state index in [1.165, 1.54) is 0 Å². The molecule has 0 aliphatic rings. The van der Waals surface area contributed by atoms with E-state index in [1.54, 1.807) is 24.3 Å². The molecule has 0 saturated heterocycles. The molecule has 0 spiro atoms. The van der Waals surface area contributed by atoms with Gasteiger partial charge in [-0.05, 0) is 17.7 Å². The van der Waals surface area contributed by atoms with Crippen molar-refractivity contribution in [3.63, 3.8) is 0 Å². The first-order valence-corrected chi connectivity index (χ1v) is 4.01. The van der Waals surface area contributed by atoms with Crippen molar-refractivity contribution < 1.29 is 4.39 Å². The van der Waals surface area contributed by atoms with Crippen LogP contribution in [0.5, 0.6) is 0 Å². The van der Waals surface area contributed by atoms with Crippen LogP contribution in [-0.4, -0.2) is 6.67 Å². The third-order valence-electron chi connectivity index (χ3n) is 1.35. The van der Waals surface area contributed by atoms with Crippen molar-refractivity contribution in [2.75, 3.05) is 6.67 Å². The summed E-state index contributed by atoms with van der Waals surface area (Å²) in [7, 11) is 0. The van der Waals surface area contributed by atoms with Gasteiger partial charge in [0.15, 0.2) is 0 Å². The van der Waals surface area contributed by atoms with E-state index < -0.39 is 12.1 Å². The Morgan fingerprint density at radius 2 is 2.18 bits per heavy atom. The average Bonchev–Trinajstić information content (AvgIpc) is 2.03. The molecule has 0 nitrogen and oxygen atoms in total. The van der Waals surface area contributed by atoms with Crippen LogP contribution < -0.4 is 0 Å². The summed E-state index contributed by atoms with van der Waals surface area (Å²) >= 11 is 11.3. The minimum Gasteiger partial charge on any atom is -0.249 e. The van der Waals surface area contributed by atoms with Crippen LogP contribution in [0.3, 0.4) is 0 Å². The van der Waals surface area contributed by atoms with Gasteiger partial charge in [-0.25, -0.2) is 4.39 Å². The molecule has 11 heavy (non-hydrogen) atoms. The Labute approximate surface area is 74.9 Å². The van der Waals surface area contributed by atoms with Crippen molar-refractivity contribution in [3.8, 4) is 0 Å². The Kier molecular flexibility index (Phi) is 3.16. The van der Waals surface area contributed by atoms with Crippen molar-refractivity contribution in [3.05, 3.63) is 34.9 Å². The monoisotopic (exact) mass is 192 g/mol. The van der Waals surface area contributed by atoms with Crippen molar-refractivity contribution in [1.29, 1.82) is 0 Å². The van der Waals surface area contributed by atoms with Crippen molar-refractivity contribution in [2.45, 2.75) is 5.38 Å². The van der Waals surface area contributed by atoms with Gasteiger partial charge in [-0.3, -0.25) is 0 Å². The van der Waals surface area contributed by atoms with Gasteiger partial charge >= 0.3 is 0 Å². The maximum absolute atomic E-state index is 12.0. The molecule has 1 aromatic carbocycles. The summed E-state index contributed by atoms with van der Waals surface area (Å²) in [5, 5.41) is 0.00954. The normalized spacial score (nSPS) is 13.0. The Morgan fingerprint density at radius 1 is 1.45 bits per heavy atom. The van der Waals surface area contributed by atoms with E-state index in [2.05, 4.69) is 0 Å². The van der Waals surface area contributed by atoms with Gasteiger partial charge in [0.25, 0.3) is 0 Å². The molecular weight excluding hydrogens is 186 g/mol. The second kappa shape index (κ2) is 3.93. The van der Waals surface area contributed by atoms with Crippen LogP contribution in [0.25, 0.3) is 0 Å². The Bertz CT molecular complexity index is 237. The summed E-state index contributed by atoms with van der Waals surface area (Å²) < 4.78 is 12.0. The molecule has 0 amide bonds. The minimum atomic E-state index is -0.575. The molecule has 1 rings (SSSR count). The molecule has 1 atom stereocenters. The number of benzene rings is 1. The molecule has 0 heterocycles. The maximum Gasteiger partial charge on any atom is 0.110 e. The summed E-state index contributed by atoms with van der Waals surface area (Å²) in [6, 6.07) is 6.90. The summed E-state index contributed by atoms with van der Waals surface area (Å²) in [5.41, 5.74) is 0.724. The van der Waals surface area contributed by atoms with E-state index in [1.807, 2.05) is 0 Å². The lowest BCUT2D eigenvalue weighted by Gasteiger charge is -2.03. The van der Waals surface area contributed by atoms with E-state index >= 15 is 0 Å². The van der Waals surface area contributed by atoms with Crippen molar-refractivity contribution >= 4 is 23.2 Å². The van der Waals surface area contributed by atoms with Gasteiger partial charge in [0.2, 0.25) is 0 Å². The highest BCUT2D eigenvalue weighted by Gasteiger charge is 2.06. The molecular formula is C8H7Cl2F. The highest BCUT2D eigenvalue weighted by Crippen LogP contribution is 2.23. The predicted octanol–water partition coefficient (Wildman–Crippen LogP) is 3.59. The number of halogens is 3. The van der Waals surface area contributed by atoms with Crippen LogP contribution in [-0.2, 0) is 0 Å². The lowest BCUT2D eigenvalue weighted by Crippen LogP contribution is -1.90. The van der Waals surface area contributed by atoms with Gasteiger partial charge in [-0.15, -0.1) is 11.6 Å². The van der Waals surface area contributed by atoms with Crippen LogP contribution in [0.15, 0.2) is 24.3 Å². The molecule has 0 bridgehead atoms. The van der Waals surface area contributed by atoms with Crippen LogP contribution >= 0.6 is 23.2 Å². The van der Waals surface area contributed by atoms with E-state index in [0.29, 0.717) is 5.02 Å². The number of alkyl halides is 2. The molecule has 0 aliphatic heterocycles. The van der Waals surface area contributed by atoms with Crippen LogP contribution in [0.4, 0.5) is 4.39 Å². The zero-order valence-corrected chi connectivity index (χ0v) is 7.24. The molecule has 0 fully saturated rings. The topological polar surface area (TPSA) is 0 Å². The molecule has 0 aliphatic carbocycles. The molecule has 60 valence electrons. The van der Waals surface area contributed by atoms with Gasteiger partial charge in [-0.1, -0.05) is 23.7 Å².